The van der Waals surface area contributed by atoms with Crippen LogP contribution in [0.1, 0.15) is 131 Å². The van der Waals surface area contributed by atoms with Crippen molar-refractivity contribution >= 4 is 142 Å². The Morgan fingerprint density at radius 3 is 1.45 bits per heavy atom. The lowest BCUT2D eigenvalue weighted by atomic mass is 9.98. The van der Waals surface area contributed by atoms with E-state index in [1.165, 1.54) is 6.92 Å². The summed E-state index contributed by atoms with van der Waals surface area (Å²) in [4.78, 5) is 222. The SMILES string of the molecule is CC(=O)NC(O)(CC(=O)O)C(=O)N[C@@H](CS)C(=O)N[C@@H](C)C(=O)N[C@@H](CCc1c[nH]c2ccccc12)C(=O)N[C@@H](CCCCN)C(=O)N[C@@H](CC(C)C)C(=O)NCC(=O)N[C@@H](CCC(=O)O)C(=O)N[C@@H](CC(C)C)C(=O)N[C@H](C(=O)N[C@@H](Cc1c[nH]c2ccccc12)C(=O)N[C@@H](CS)C(=O)N[C@H](C(=O)O)[C@@H](C)O)C(C)C. The van der Waals surface area contributed by atoms with E-state index in [2.05, 4.69) is 99.0 Å². The van der Waals surface area contributed by atoms with Crippen molar-refractivity contribution in [3.8, 4) is 0 Å². The van der Waals surface area contributed by atoms with Crippen LogP contribution in [-0.4, -0.2) is 233 Å². The number of thiol groups is 2. The quantitative estimate of drug-likeness (QED) is 0.0125. The Bertz CT molecular complexity index is 3930. The minimum Gasteiger partial charge on any atom is -0.481 e. The molecule has 0 spiro atoms. The van der Waals surface area contributed by atoms with Crippen molar-refractivity contribution in [3.05, 3.63) is 72.1 Å². The molecule has 0 aliphatic heterocycles. The Morgan fingerprint density at radius 2 is 0.937 bits per heavy atom. The number of H-pyrrole nitrogens is 2. The van der Waals surface area contributed by atoms with Crippen LogP contribution >= 0.6 is 25.3 Å². The summed E-state index contributed by atoms with van der Waals surface area (Å²) in [5.74, 6) is -19.8. The Labute approximate surface area is 651 Å². The molecule has 1 unspecified atom stereocenters. The maximum absolute atomic E-state index is 14.6. The monoisotopic (exact) mass is 1590 g/mol. The largest absolute Gasteiger partial charge is 0.481 e. The lowest BCUT2D eigenvalue weighted by molar-refractivity contribution is -0.159. The highest BCUT2D eigenvalue weighted by molar-refractivity contribution is 7.80. The molecule has 0 bridgehead atoms. The number of hydrogen-bond donors (Lipinski definition) is 23. The second-order valence-corrected chi connectivity index (χ2v) is 28.9. The van der Waals surface area contributed by atoms with Crippen LogP contribution in [0.5, 0.6) is 0 Å². The van der Waals surface area contributed by atoms with Crippen molar-refractivity contribution in [1.82, 2.24) is 79.1 Å². The number of carbonyl (C=O) groups excluding carboxylic acids is 13. The topological polar surface area (TPSA) is 588 Å². The number of para-hydroxylation sites is 2. The number of aryl methyl sites for hydroxylation is 1. The van der Waals surface area contributed by atoms with Gasteiger partial charge in [-0.15, -0.1) is 0 Å². The molecule has 0 radical (unpaired) electrons. The van der Waals surface area contributed by atoms with E-state index < -0.39 is 210 Å². The standard InChI is InChI=1S/C72H106N16O21S2/c1-35(2)26-50(81-62(98)47(20-14-15-25-73)80-64(100)49(22-21-41-30-74-45-18-12-10-16-43(41)45)79-60(96)38(7)77-67(103)54(34-111)85-71(108)72(109,29-57(94)95)88-40(9)90)61(97)76-32-55(91)78-48(23-24-56(92)93)63(99)82-51(27-36(3)4)66(102)86-58(37(5)6)69(105)83-52(28-42-31-75-46-19-13-11-17-44(42)46)65(101)84-53(33-110)68(104)87-59(39(8)89)70(106)107/h10-13,16-19,30-31,35-39,47-54,58-59,74-75,89,109-111H,14-15,20-29,32-34,73H2,1-9H3,(H,76,97)(H,77,103)(H,78,91)(H,79,96)(H,80,100)(H,81,98)(H,82,99)(H,83,105)(H,84,101)(H,85,108)(H,86,102)(H,87,104)(H,88,90)(H,92,93)(H,94,95)(H,106,107)/t38-,39+,47-,48-,49-,50-,51-,52-,53-,54-,58-,59-,72?/m0/s1. The first-order chi connectivity index (χ1) is 52.2. The fourth-order valence-electron chi connectivity index (χ4n) is 11.7. The third-order valence-corrected chi connectivity index (χ3v) is 18.3. The number of aliphatic hydroxyl groups excluding tert-OH is 1. The number of amides is 13. The third-order valence-electron chi connectivity index (χ3n) is 17.6. The van der Waals surface area contributed by atoms with Gasteiger partial charge in [-0.25, -0.2) is 4.79 Å². The summed E-state index contributed by atoms with van der Waals surface area (Å²) in [5.41, 5.74) is 5.55. The van der Waals surface area contributed by atoms with Gasteiger partial charge in [0, 0.05) is 65.5 Å². The molecule has 0 aliphatic rings. The number of carbonyl (C=O) groups is 16. The van der Waals surface area contributed by atoms with E-state index in [0.717, 1.165) is 30.3 Å². The summed E-state index contributed by atoms with van der Waals surface area (Å²) >= 11 is 8.27. The molecule has 13 amide bonds. The first-order valence-electron chi connectivity index (χ1n) is 36.2. The van der Waals surface area contributed by atoms with Crippen molar-refractivity contribution in [2.24, 2.45) is 23.5 Å². The summed E-state index contributed by atoms with van der Waals surface area (Å²) in [5, 5.41) is 82.6. The zero-order chi connectivity index (χ0) is 83.1. The number of benzene rings is 2. The molecule has 39 heteroatoms. The van der Waals surface area contributed by atoms with Crippen LogP contribution in [0.25, 0.3) is 21.8 Å². The summed E-state index contributed by atoms with van der Waals surface area (Å²) < 4.78 is 0. The van der Waals surface area contributed by atoms with Crippen LogP contribution in [0, 0.1) is 17.8 Å². The molecule has 2 heterocycles. The van der Waals surface area contributed by atoms with Gasteiger partial charge in [-0.1, -0.05) is 77.9 Å². The van der Waals surface area contributed by atoms with Crippen LogP contribution in [0.2, 0.25) is 0 Å². The van der Waals surface area contributed by atoms with Crippen LogP contribution in [0.3, 0.4) is 0 Å². The van der Waals surface area contributed by atoms with E-state index in [4.69, 9.17) is 5.73 Å². The molecule has 612 valence electrons. The molecule has 13 atom stereocenters. The predicted octanol–water partition coefficient (Wildman–Crippen LogP) is -2.34. The minimum atomic E-state index is -3.00. The molecular formula is C72H106N16O21S2. The predicted molar refractivity (Wildman–Crippen MR) is 410 cm³/mol. The van der Waals surface area contributed by atoms with Crippen LogP contribution < -0.4 is 74.9 Å². The third kappa shape index (κ3) is 30.1. The first-order valence-corrected chi connectivity index (χ1v) is 37.5. The zero-order valence-corrected chi connectivity index (χ0v) is 65.1. The second-order valence-electron chi connectivity index (χ2n) is 28.2. The molecule has 111 heavy (non-hydrogen) atoms. The van der Waals surface area contributed by atoms with Gasteiger partial charge in [0.2, 0.25) is 76.6 Å². The average molecular weight is 1600 g/mol. The Morgan fingerprint density at radius 1 is 0.486 bits per heavy atom. The Balaban J connectivity index is 1.54. The van der Waals surface area contributed by atoms with E-state index in [1.54, 1.807) is 90.3 Å². The van der Waals surface area contributed by atoms with Crippen LogP contribution in [0.15, 0.2) is 60.9 Å². The Kier molecular flexibility index (Phi) is 37.8. The highest BCUT2D eigenvalue weighted by Gasteiger charge is 2.43. The summed E-state index contributed by atoms with van der Waals surface area (Å²) in [6.45, 7) is 12.6. The smallest absolute Gasteiger partial charge is 0.328 e. The Hall–Kier alpha value is -10.4. The average Bonchev–Trinajstić information content (AvgIpc) is 1.73. The number of aromatic amines is 2. The van der Waals surface area contributed by atoms with E-state index in [0.29, 0.717) is 22.9 Å². The highest BCUT2D eigenvalue weighted by Crippen LogP contribution is 2.23. The minimum absolute atomic E-state index is 0.0456. The number of nitrogens with two attached hydrogens (primary N) is 1. The van der Waals surface area contributed by atoms with Gasteiger partial charge in [0.05, 0.1) is 12.6 Å². The lowest BCUT2D eigenvalue weighted by Crippen LogP contribution is -2.63. The molecule has 0 aliphatic carbocycles. The van der Waals surface area contributed by atoms with Crippen molar-refractivity contribution in [3.63, 3.8) is 0 Å². The normalized spacial score (nSPS) is 15.1. The van der Waals surface area contributed by atoms with E-state index in [9.17, 15) is 102 Å². The molecule has 4 rings (SSSR count). The molecule has 0 fully saturated rings. The van der Waals surface area contributed by atoms with Gasteiger partial charge < -0.3 is 110 Å². The number of unbranched alkanes of at least 4 members (excludes halogenated alkanes) is 1. The zero-order valence-electron chi connectivity index (χ0n) is 63.3. The summed E-state index contributed by atoms with van der Waals surface area (Å²) in [6, 6.07) is -2.32. The molecule has 2 aromatic carbocycles. The number of carboxylic acid groups (broad SMARTS) is 3. The highest BCUT2D eigenvalue weighted by atomic mass is 32.1. The second kappa shape index (κ2) is 45.1. The maximum atomic E-state index is 14.6. The lowest BCUT2D eigenvalue weighted by Gasteiger charge is -2.29. The molecule has 0 saturated heterocycles. The number of rotatable bonds is 48. The molecule has 4 aromatic rings. The molecule has 0 saturated carbocycles. The van der Waals surface area contributed by atoms with E-state index >= 15 is 0 Å². The number of aromatic nitrogens is 2. The summed E-state index contributed by atoms with van der Waals surface area (Å²) in [7, 11) is 0. The number of aliphatic carboxylic acids is 3. The maximum Gasteiger partial charge on any atom is 0.328 e. The number of aliphatic hydroxyl groups is 2. The van der Waals surface area contributed by atoms with Gasteiger partial charge in [-0.05, 0) is 113 Å². The molecule has 2 aromatic heterocycles. The van der Waals surface area contributed by atoms with Gasteiger partial charge in [0.1, 0.15) is 66.8 Å². The van der Waals surface area contributed by atoms with Crippen LogP contribution in [0.4, 0.5) is 0 Å². The van der Waals surface area contributed by atoms with E-state index in [-0.39, 0.29) is 69.1 Å². The van der Waals surface area contributed by atoms with Gasteiger partial charge in [-0.3, -0.25) is 71.9 Å². The van der Waals surface area contributed by atoms with Gasteiger partial charge in [0.15, 0.2) is 6.04 Å². The van der Waals surface area contributed by atoms with Gasteiger partial charge >= 0.3 is 17.9 Å². The number of hydrogen-bond acceptors (Lipinski definition) is 21. The van der Waals surface area contributed by atoms with Gasteiger partial charge in [0.25, 0.3) is 5.91 Å². The number of carboxylic acids is 3. The van der Waals surface area contributed by atoms with Gasteiger partial charge in [-0.2, -0.15) is 25.3 Å². The number of nitrogens with one attached hydrogen (secondary N) is 15. The molecular weight excluding hydrogens is 1490 g/mol. The fraction of sp³-hybridized carbons (Fsp3) is 0.556. The number of fused-ring (bicyclic) bond motifs is 2. The molecule has 37 nitrogen and oxygen atoms in total. The summed E-state index contributed by atoms with van der Waals surface area (Å²) in [6.07, 6.45) is -0.438. The fourth-order valence-corrected chi connectivity index (χ4v) is 12.2. The molecule has 22 N–H and O–H groups in total. The van der Waals surface area contributed by atoms with Crippen molar-refractivity contribution in [1.29, 1.82) is 0 Å². The van der Waals surface area contributed by atoms with Crippen molar-refractivity contribution in [2.75, 3.05) is 24.6 Å². The van der Waals surface area contributed by atoms with Crippen molar-refractivity contribution < 1.29 is 102 Å². The van der Waals surface area contributed by atoms with E-state index in [1.807, 2.05) is 17.4 Å². The first kappa shape index (κ1) is 93.0. The van der Waals surface area contributed by atoms with Crippen molar-refractivity contribution in [2.45, 2.75) is 211 Å². The van der Waals surface area contributed by atoms with Crippen LogP contribution in [-0.2, 0) is 89.6 Å².